The number of nitrogen functional groups attached to an aromatic ring is 1. The number of nitrogens with zero attached hydrogens (tertiary/aromatic N) is 1. The van der Waals surface area contributed by atoms with Crippen LogP contribution in [0.15, 0.2) is 36.4 Å². The second kappa shape index (κ2) is 7.18. The number of benzene rings is 1. The van der Waals surface area contributed by atoms with Gasteiger partial charge >= 0.3 is 0 Å². The zero-order valence-electron chi connectivity index (χ0n) is 12.3. The molecule has 0 saturated heterocycles. The SMILES string of the molecule is CC(C)COc1nc(NCc2cccc(Cl)c2)ccc1N. The second-order valence-electron chi connectivity index (χ2n) is 5.28. The number of anilines is 2. The van der Waals surface area contributed by atoms with Gasteiger partial charge in [-0.1, -0.05) is 37.6 Å². The highest BCUT2D eigenvalue weighted by Gasteiger charge is 2.06. The molecule has 0 fully saturated rings. The molecule has 3 N–H and O–H groups in total. The highest BCUT2D eigenvalue weighted by atomic mass is 35.5. The van der Waals surface area contributed by atoms with Gasteiger partial charge < -0.3 is 15.8 Å². The average Bonchev–Trinajstić information content (AvgIpc) is 2.45. The van der Waals surface area contributed by atoms with Gasteiger partial charge in [-0.3, -0.25) is 0 Å². The molecule has 0 aliphatic rings. The minimum Gasteiger partial charge on any atom is -0.476 e. The quantitative estimate of drug-likeness (QED) is 0.848. The van der Waals surface area contributed by atoms with Gasteiger partial charge in [0.2, 0.25) is 5.88 Å². The van der Waals surface area contributed by atoms with Crippen molar-refractivity contribution >= 4 is 23.1 Å². The van der Waals surface area contributed by atoms with Gasteiger partial charge in [-0.05, 0) is 35.7 Å². The lowest BCUT2D eigenvalue weighted by atomic mass is 10.2. The molecule has 5 heteroatoms. The molecule has 0 aliphatic heterocycles. The normalized spacial score (nSPS) is 10.7. The fourth-order valence-electron chi connectivity index (χ4n) is 1.75. The Bertz CT molecular complexity index is 602. The van der Waals surface area contributed by atoms with Gasteiger partial charge in [0, 0.05) is 11.6 Å². The van der Waals surface area contributed by atoms with Gasteiger partial charge in [0.25, 0.3) is 0 Å². The summed E-state index contributed by atoms with van der Waals surface area (Å²) in [6, 6.07) is 11.3. The van der Waals surface area contributed by atoms with E-state index in [2.05, 4.69) is 24.1 Å². The fourth-order valence-corrected chi connectivity index (χ4v) is 1.96. The van der Waals surface area contributed by atoms with Crippen LogP contribution in [-0.4, -0.2) is 11.6 Å². The Hall–Kier alpha value is -1.94. The van der Waals surface area contributed by atoms with Crippen molar-refractivity contribution in [1.82, 2.24) is 4.98 Å². The highest BCUT2D eigenvalue weighted by molar-refractivity contribution is 6.30. The van der Waals surface area contributed by atoms with E-state index in [9.17, 15) is 0 Å². The summed E-state index contributed by atoms with van der Waals surface area (Å²) in [5.74, 6) is 1.62. The fraction of sp³-hybridized carbons (Fsp3) is 0.312. The molecule has 21 heavy (non-hydrogen) atoms. The Morgan fingerprint density at radius 2 is 2.10 bits per heavy atom. The minimum absolute atomic E-state index is 0.425. The molecule has 2 rings (SSSR count). The van der Waals surface area contributed by atoms with Gasteiger partial charge in [-0.2, -0.15) is 4.98 Å². The first-order valence-electron chi connectivity index (χ1n) is 6.92. The summed E-state index contributed by atoms with van der Waals surface area (Å²) in [7, 11) is 0. The van der Waals surface area contributed by atoms with E-state index < -0.39 is 0 Å². The summed E-state index contributed by atoms with van der Waals surface area (Å²) in [6.07, 6.45) is 0. The first-order valence-corrected chi connectivity index (χ1v) is 7.30. The number of hydrogen-bond donors (Lipinski definition) is 2. The van der Waals surface area contributed by atoms with Crippen LogP contribution in [0.2, 0.25) is 5.02 Å². The Morgan fingerprint density at radius 1 is 1.29 bits per heavy atom. The summed E-state index contributed by atoms with van der Waals surface area (Å²) in [4.78, 5) is 4.39. The molecular weight excluding hydrogens is 286 g/mol. The van der Waals surface area contributed by atoms with Crippen LogP contribution in [0.1, 0.15) is 19.4 Å². The lowest BCUT2D eigenvalue weighted by Gasteiger charge is -2.12. The van der Waals surface area contributed by atoms with E-state index in [1.807, 2.05) is 30.3 Å². The third kappa shape index (κ3) is 4.83. The maximum atomic E-state index is 5.96. The van der Waals surface area contributed by atoms with E-state index in [0.29, 0.717) is 30.6 Å². The maximum Gasteiger partial charge on any atom is 0.239 e. The second-order valence-corrected chi connectivity index (χ2v) is 5.72. The predicted octanol–water partition coefficient (Wildman–Crippen LogP) is 3.96. The smallest absolute Gasteiger partial charge is 0.239 e. The van der Waals surface area contributed by atoms with Gasteiger partial charge in [0.1, 0.15) is 5.82 Å². The number of rotatable bonds is 6. The Labute approximate surface area is 130 Å². The largest absolute Gasteiger partial charge is 0.476 e. The van der Waals surface area contributed by atoms with Gasteiger partial charge in [0.15, 0.2) is 0 Å². The monoisotopic (exact) mass is 305 g/mol. The standard InChI is InChI=1S/C16H20ClN3O/c1-11(2)10-21-16-14(18)6-7-15(20-16)19-9-12-4-3-5-13(17)8-12/h3-8,11H,9-10,18H2,1-2H3,(H,19,20). The van der Waals surface area contributed by atoms with Crippen molar-refractivity contribution in [2.75, 3.05) is 17.7 Å². The van der Waals surface area contributed by atoms with Crippen molar-refractivity contribution in [3.63, 3.8) is 0 Å². The van der Waals surface area contributed by atoms with E-state index in [4.69, 9.17) is 22.1 Å². The van der Waals surface area contributed by atoms with Crippen LogP contribution < -0.4 is 15.8 Å². The summed E-state index contributed by atoms with van der Waals surface area (Å²) in [6.45, 7) is 5.39. The molecule has 1 aromatic carbocycles. The molecule has 0 spiro atoms. The van der Waals surface area contributed by atoms with Crippen molar-refractivity contribution < 1.29 is 4.74 Å². The molecule has 0 saturated carbocycles. The van der Waals surface area contributed by atoms with Crippen LogP contribution in [0.3, 0.4) is 0 Å². The first-order chi connectivity index (χ1) is 10.0. The van der Waals surface area contributed by atoms with Crippen LogP contribution in [0.25, 0.3) is 0 Å². The van der Waals surface area contributed by atoms with Gasteiger partial charge in [-0.25, -0.2) is 0 Å². The third-order valence-corrected chi connectivity index (χ3v) is 3.04. The number of halogens is 1. The number of aromatic nitrogens is 1. The number of nitrogens with one attached hydrogen (secondary N) is 1. The predicted molar refractivity (Wildman–Crippen MR) is 87.8 cm³/mol. The molecule has 1 aromatic heterocycles. The van der Waals surface area contributed by atoms with Crippen molar-refractivity contribution in [3.05, 3.63) is 47.0 Å². The van der Waals surface area contributed by atoms with Crippen LogP contribution >= 0.6 is 11.6 Å². The molecular formula is C16H20ClN3O. The maximum absolute atomic E-state index is 5.96. The summed E-state index contributed by atoms with van der Waals surface area (Å²) < 4.78 is 5.61. The molecule has 2 aromatic rings. The van der Waals surface area contributed by atoms with Crippen molar-refractivity contribution in [1.29, 1.82) is 0 Å². The van der Waals surface area contributed by atoms with Crippen LogP contribution in [0.4, 0.5) is 11.5 Å². The third-order valence-electron chi connectivity index (χ3n) is 2.81. The number of hydrogen-bond acceptors (Lipinski definition) is 4. The summed E-state index contributed by atoms with van der Waals surface area (Å²) in [5, 5.41) is 3.96. The number of ether oxygens (including phenoxy) is 1. The molecule has 0 aliphatic carbocycles. The molecule has 0 unspecified atom stereocenters. The summed E-state index contributed by atoms with van der Waals surface area (Å²) >= 11 is 5.96. The number of nitrogens with two attached hydrogens (primary N) is 1. The molecule has 112 valence electrons. The van der Waals surface area contributed by atoms with E-state index in [-0.39, 0.29) is 0 Å². The van der Waals surface area contributed by atoms with Crippen LogP contribution in [-0.2, 0) is 6.54 Å². The van der Waals surface area contributed by atoms with Crippen molar-refractivity contribution in [3.8, 4) is 5.88 Å². The summed E-state index contributed by atoms with van der Waals surface area (Å²) in [5.41, 5.74) is 7.50. The Balaban J connectivity index is 2.01. The van der Waals surface area contributed by atoms with Crippen molar-refractivity contribution in [2.45, 2.75) is 20.4 Å². The topological polar surface area (TPSA) is 60.2 Å². The lowest BCUT2D eigenvalue weighted by molar-refractivity contribution is 0.263. The van der Waals surface area contributed by atoms with E-state index >= 15 is 0 Å². The Morgan fingerprint density at radius 3 is 2.81 bits per heavy atom. The molecule has 4 nitrogen and oxygen atoms in total. The zero-order chi connectivity index (χ0) is 15.2. The lowest BCUT2D eigenvalue weighted by Crippen LogP contribution is -2.09. The molecule has 1 heterocycles. The van der Waals surface area contributed by atoms with Gasteiger partial charge in [-0.15, -0.1) is 0 Å². The van der Waals surface area contributed by atoms with Crippen molar-refractivity contribution in [2.24, 2.45) is 5.92 Å². The van der Waals surface area contributed by atoms with Crippen LogP contribution in [0.5, 0.6) is 5.88 Å². The average molecular weight is 306 g/mol. The molecule has 0 atom stereocenters. The van der Waals surface area contributed by atoms with E-state index in [0.717, 1.165) is 16.4 Å². The van der Waals surface area contributed by atoms with E-state index in [1.54, 1.807) is 6.07 Å². The zero-order valence-corrected chi connectivity index (χ0v) is 13.0. The van der Waals surface area contributed by atoms with Crippen LogP contribution in [0, 0.1) is 5.92 Å². The molecule has 0 radical (unpaired) electrons. The minimum atomic E-state index is 0.425. The first kappa shape index (κ1) is 15.4. The highest BCUT2D eigenvalue weighted by Crippen LogP contribution is 2.22. The Kier molecular flexibility index (Phi) is 5.28. The number of pyridine rings is 1. The molecule has 0 amide bonds. The molecule has 0 bridgehead atoms. The van der Waals surface area contributed by atoms with Gasteiger partial charge in [0.05, 0.1) is 12.3 Å². The van der Waals surface area contributed by atoms with E-state index in [1.165, 1.54) is 0 Å².